The smallest absolute Gasteiger partial charge is 0.165 e. The van der Waals surface area contributed by atoms with Gasteiger partial charge in [-0.3, -0.25) is 0 Å². The highest BCUT2D eigenvalue weighted by molar-refractivity contribution is 9.10. The van der Waals surface area contributed by atoms with E-state index >= 15 is 0 Å². The Morgan fingerprint density at radius 3 is 2.88 bits per heavy atom. The number of benzene rings is 1. The van der Waals surface area contributed by atoms with Crippen molar-refractivity contribution in [3.05, 3.63) is 50.4 Å². The molecule has 1 aromatic carbocycles. The zero-order chi connectivity index (χ0) is 11.5. The number of hydrogen-bond donors (Lipinski definition) is 0. The van der Waals surface area contributed by atoms with Crippen LogP contribution in [0.3, 0.4) is 0 Å². The number of ether oxygens (including phenoxy) is 1. The Labute approximate surface area is 106 Å². The molecule has 0 aliphatic rings. The van der Waals surface area contributed by atoms with Gasteiger partial charge in [0, 0.05) is 4.47 Å². The van der Waals surface area contributed by atoms with Gasteiger partial charge in [-0.2, -0.15) is 0 Å². The molecule has 0 saturated carbocycles. The van der Waals surface area contributed by atoms with E-state index in [4.69, 9.17) is 4.74 Å². The lowest BCUT2D eigenvalue weighted by atomic mass is 10.2. The monoisotopic (exact) mass is 300 g/mol. The number of rotatable bonds is 3. The molecule has 0 aliphatic heterocycles. The Hall–Kier alpha value is -0.870. The van der Waals surface area contributed by atoms with Crippen molar-refractivity contribution in [2.24, 2.45) is 0 Å². The van der Waals surface area contributed by atoms with E-state index in [0.29, 0.717) is 12.4 Å². The van der Waals surface area contributed by atoms with Crippen LogP contribution in [0.2, 0.25) is 0 Å². The molecule has 0 unspecified atom stereocenters. The van der Waals surface area contributed by atoms with Crippen molar-refractivity contribution >= 4 is 27.3 Å². The first-order valence-corrected chi connectivity index (χ1v) is 6.45. The van der Waals surface area contributed by atoms with Gasteiger partial charge in [0.05, 0.1) is 4.88 Å². The Bertz CT molecular complexity index is 496. The average Bonchev–Trinajstić information content (AvgIpc) is 2.66. The predicted octanol–water partition coefficient (Wildman–Crippen LogP) is 4.54. The molecule has 2 aromatic rings. The van der Waals surface area contributed by atoms with Crippen LogP contribution >= 0.6 is 27.3 Å². The summed E-state index contributed by atoms with van der Waals surface area (Å²) < 4.78 is 19.8. The van der Waals surface area contributed by atoms with Crippen LogP contribution in [0.4, 0.5) is 4.39 Å². The van der Waals surface area contributed by atoms with Crippen molar-refractivity contribution in [2.45, 2.75) is 13.5 Å². The van der Waals surface area contributed by atoms with Crippen molar-refractivity contribution in [1.82, 2.24) is 0 Å². The summed E-state index contributed by atoms with van der Waals surface area (Å²) in [5.74, 6) is -0.0152. The third kappa shape index (κ3) is 2.62. The van der Waals surface area contributed by atoms with Crippen LogP contribution in [0.15, 0.2) is 34.1 Å². The molecule has 2 rings (SSSR count). The predicted molar refractivity (Wildman–Crippen MR) is 67.5 cm³/mol. The summed E-state index contributed by atoms with van der Waals surface area (Å²) in [6, 6.07) is 6.81. The van der Waals surface area contributed by atoms with Crippen LogP contribution in [-0.4, -0.2) is 0 Å². The molecule has 0 fully saturated rings. The van der Waals surface area contributed by atoms with Gasteiger partial charge in [-0.05, 0) is 52.0 Å². The molecule has 84 valence electrons. The molecule has 1 nitrogen and oxygen atoms in total. The minimum absolute atomic E-state index is 0.306. The number of aryl methyl sites for hydroxylation is 1. The third-order valence-corrected chi connectivity index (χ3v) is 4.04. The molecule has 0 N–H and O–H groups in total. The lowest BCUT2D eigenvalue weighted by Gasteiger charge is -2.07. The van der Waals surface area contributed by atoms with Crippen LogP contribution in [-0.2, 0) is 6.61 Å². The molecule has 0 bridgehead atoms. The van der Waals surface area contributed by atoms with E-state index < -0.39 is 0 Å². The highest BCUT2D eigenvalue weighted by atomic mass is 79.9. The van der Waals surface area contributed by atoms with Crippen LogP contribution in [0.1, 0.15) is 10.4 Å². The van der Waals surface area contributed by atoms with Gasteiger partial charge in [0.2, 0.25) is 0 Å². The van der Waals surface area contributed by atoms with Crippen LogP contribution in [0.25, 0.3) is 0 Å². The largest absolute Gasteiger partial charge is 0.485 e. The normalized spacial score (nSPS) is 10.4. The number of hydrogen-bond acceptors (Lipinski definition) is 2. The first kappa shape index (κ1) is 11.6. The second kappa shape index (κ2) is 4.97. The molecule has 0 radical (unpaired) electrons. The van der Waals surface area contributed by atoms with Gasteiger partial charge in [-0.25, -0.2) is 4.39 Å². The molecule has 0 atom stereocenters. The minimum atomic E-state index is -0.321. The maximum absolute atomic E-state index is 13.4. The van der Waals surface area contributed by atoms with E-state index in [9.17, 15) is 4.39 Å². The van der Waals surface area contributed by atoms with E-state index in [1.54, 1.807) is 23.5 Å². The van der Waals surface area contributed by atoms with Gasteiger partial charge in [0.25, 0.3) is 0 Å². The molecule has 16 heavy (non-hydrogen) atoms. The van der Waals surface area contributed by atoms with Crippen molar-refractivity contribution in [3.63, 3.8) is 0 Å². The highest BCUT2D eigenvalue weighted by Crippen LogP contribution is 2.25. The van der Waals surface area contributed by atoms with E-state index in [2.05, 4.69) is 15.9 Å². The van der Waals surface area contributed by atoms with Crippen LogP contribution < -0.4 is 4.74 Å². The topological polar surface area (TPSA) is 9.23 Å². The lowest BCUT2D eigenvalue weighted by Crippen LogP contribution is -1.96. The molecule has 0 amide bonds. The molecule has 0 spiro atoms. The summed E-state index contributed by atoms with van der Waals surface area (Å²) in [5, 5.41) is 1.97. The Kier molecular flexibility index (Phi) is 3.61. The Morgan fingerprint density at radius 1 is 1.38 bits per heavy atom. The van der Waals surface area contributed by atoms with Crippen molar-refractivity contribution < 1.29 is 9.13 Å². The van der Waals surface area contributed by atoms with Gasteiger partial charge in [0.1, 0.15) is 6.61 Å². The lowest BCUT2D eigenvalue weighted by molar-refractivity contribution is 0.293. The summed E-state index contributed by atoms with van der Waals surface area (Å²) in [7, 11) is 0. The minimum Gasteiger partial charge on any atom is -0.485 e. The first-order valence-electron chi connectivity index (χ1n) is 4.77. The maximum atomic E-state index is 13.4. The summed E-state index contributed by atoms with van der Waals surface area (Å²) in [6.07, 6.45) is 0. The quantitative estimate of drug-likeness (QED) is 0.809. The van der Waals surface area contributed by atoms with Gasteiger partial charge in [0.15, 0.2) is 11.6 Å². The molecule has 4 heteroatoms. The van der Waals surface area contributed by atoms with Crippen molar-refractivity contribution in [1.29, 1.82) is 0 Å². The zero-order valence-corrected chi connectivity index (χ0v) is 11.1. The van der Waals surface area contributed by atoms with Gasteiger partial charge < -0.3 is 4.74 Å². The fourth-order valence-corrected chi connectivity index (χ4v) is 2.67. The van der Waals surface area contributed by atoms with E-state index in [-0.39, 0.29) is 5.82 Å². The van der Waals surface area contributed by atoms with Crippen molar-refractivity contribution in [3.8, 4) is 5.75 Å². The molecular formula is C12H10BrFOS. The summed E-state index contributed by atoms with van der Waals surface area (Å²) in [5.41, 5.74) is 0.988. The fraction of sp³-hybridized carbons (Fsp3) is 0.167. The Morgan fingerprint density at radius 2 is 2.19 bits per heavy atom. The van der Waals surface area contributed by atoms with Gasteiger partial charge in [-0.1, -0.05) is 6.07 Å². The standard InChI is InChI=1S/C12H10BrFOS/c1-8-2-3-10(14)11(6-8)15-7-12-9(13)4-5-16-12/h2-6H,7H2,1H3. The van der Waals surface area contributed by atoms with Crippen molar-refractivity contribution in [2.75, 3.05) is 0 Å². The summed E-state index contributed by atoms with van der Waals surface area (Å²) >= 11 is 4.99. The van der Waals surface area contributed by atoms with E-state index in [0.717, 1.165) is 14.9 Å². The molecule has 0 saturated heterocycles. The maximum Gasteiger partial charge on any atom is 0.165 e. The molecule has 1 heterocycles. The molecular weight excluding hydrogens is 291 g/mol. The summed E-state index contributed by atoms with van der Waals surface area (Å²) in [6.45, 7) is 2.30. The van der Waals surface area contributed by atoms with Crippen LogP contribution in [0.5, 0.6) is 5.75 Å². The first-order chi connectivity index (χ1) is 7.66. The second-order valence-electron chi connectivity index (χ2n) is 3.41. The Balaban J connectivity index is 2.10. The number of halogens is 2. The van der Waals surface area contributed by atoms with E-state index in [1.165, 1.54) is 6.07 Å². The summed E-state index contributed by atoms with van der Waals surface area (Å²) in [4.78, 5) is 1.06. The van der Waals surface area contributed by atoms with Gasteiger partial charge >= 0.3 is 0 Å². The third-order valence-electron chi connectivity index (χ3n) is 2.14. The SMILES string of the molecule is Cc1ccc(F)c(OCc2sccc2Br)c1. The average molecular weight is 301 g/mol. The highest BCUT2D eigenvalue weighted by Gasteiger charge is 2.06. The second-order valence-corrected chi connectivity index (χ2v) is 5.27. The number of thiophene rings is 1. The van der Waals surface area contributed by atoms with E-state index in [1.807, 2.05) is 18.4 Å². The fourth-order valence-electron chi connectivity index (χ4n) is 1.29. The molecule has 0 aliphatic carbocycles. The zero-order valence-electron chi connectivity index (χ0n) is 8.67. The van der Waals surface area contributed by atoms with Crippen LogP contribution in [0, 0.1) is 12.7 Å². The van der Waals surface area contributed by atoms with Gasteiger partial charge in [-0.15, -0.1) is 11.3 Å². The molecule has 1 aromatic heterocycles.